The molecule has 0 amide bonds. The van der Waals surface area contributed by atoms with Crippen molar-refractivity contribution in [2.24, 2.45) is 0 Å². The molecule has 23 heavy (non-hydrogen) atoms. The Labute approximate surface area is 138 Å². The van der Waals surface area contributed by atoms with Crippen LogP contribution in [0.3, 0.4) is 0 Å². The van der Waals surface area contributed by atoms with Gasteiger partial charge in [-0.25, -0.2) is 0 Å². The molecule has 0 unspecified atom stereocenters. The van der Waals surface area contributed by atoms with Crippen molar-refractivity contribution in [2.45, 2.75) is 6.54 Å². The number of anilines is 1. The Kier molecular flexibility index (Phi) is 5.52. The molecule has 0 aliphatic heterocycles. The van der Waals surface area contributed by atoms with Crippen molar-refractivity contribution >= 4 is 23.0 Å². The first kappa shape index (κ1) is 16.7. The summed E-state index contributed by atoms with van der Waals surface area (Å²) in [6.07, 6.45) is 0. The summed E-state index contributed by atoms with van der Waals surface area (Å²) in [5.74, 6) is 0. The van der Waals surface area contributed by atoms with Crippen molar-refractivity contribution in [3.8, 4) is 6.07 Å². The highest BCUT2D eigenvalue weighted by Gasteiger charge is 2.16. The van der Waals surface area contributed by atoms with Crippen LogP contribution in [-0.2, 0) is 6.54 Å². The molecule has 0 atom stereocenters. The van der Waals surface area contributed by atoms with Gasteiger partial charge >= 0.3 is 0 Å². The Morgan fingerprint density at radius 3 is 2.70 bits per heavy atom. The van der Waals surface area contributed by atoms with E-state index in [9.17, 15) is 20.5 Å². The summed E-state index contributed by atoms with van der Waals surface area (Å²) in [6.45, 7) is 0.606. The molecule has 0 bridgehead atoms. The van der Waals surface area contributed by atoms with Crippen LogP contribution >= 0.6 is 11.6 Å². The van der Waals surface area contributed by atoms with Crippen molar-refractivity contribution in [3.05, 3.63) is 68.7 Å². The van der Waals surface area contributed by atoms with Gasteiger partial charge in [0.2, 0.25) is 0 Å². The first-order valence-electron chi connectivity index (χ1n) is 6.84. The molecule has 6 nitrogen and oxygen atoms in total. The molecule has 2 aromatic carbocycles. The lowest BCUT2D eigenvalue weighted by Crippen LogP contribution is -2.26. The fraction of sp³-hybridized carbons (Fsp3) is 0.188. The number of nitro groups is 1. The molecule has 0 aliphatic carbocycles. The molecular weight excluding hydrogens is 318 g/mol. The summed E-state index contributed by atoms with van der Waals surface area (Å²) in [5, 5.41) is 30.0. The van der Waals surface area contributed by atoms with E-state index < -0.39 is 4.92 Å². The molecule has 2 rings (SSSR count). The zero-order valence-electron chi connectivity index (χ0n) is 12.1. The zero-order chi connectivity index (χ0) is 16.8. The van der Waals surface area contributed by atoms with E-state index in [0.29, 0.717) is 23.8 Å². The number of aliphatic hydroxyl groups is 1. The van der Waals surface area contributed by atoms with Crippen LogP contribution in [0.2, 0.25) is 5.02 Å². The van der Waals surface area contributed by atoms with Crippen LogP contribution in [-0.4, -0.2) is 23.2 Å². The fourth-order valence-corrected chi connectivity index (χ4v) is 2.48. The average Bonchev–Trinajstić information content (AvgIpc) is 2.54. The quantitative estimate of drug-likeness (QED) is 0.648. The van der Waals surface area contributed by atoms with Crippen LogP contribution in [0.15, 0.2) is 42.5 Å². The number of hydrogen-bond donors (Lipinski definition) is 1. The van der Waals surface area contributed by atoms with Gasteiger partial charge in [0.05, 0.1) is 22.8 Å². The molecule has 0 radical (unpaired) electrons. The largest absolute Gasteiger partial charge is 0.395 e. The van der Waals surface area contributed by atoms with Gasteiger partial charge in [-0.05, 0) is 23.8 Å². The number of nitriles is 1. The molecule has 7 heteroatoms. The maximum Gasteiger partial charge on any atom is 0.270 e. The Bertz CT molecular complexity index is 758. The third-order valence-electron chi connectivity index (χ3n) is 3.28. The van der Waals surface area contributed by atoms with Crippen molar-refractivity contribution in [1.82, 2.24) is 0 Å². The van der Waals surface area contributed by atoms with Gasteiger partial charge in [0.25, 0.3) is 5.69 Å². The summed E-state index contributed by atoms with van der Waals surface area (Å²) in [7, 11) is 0. The van der Waals surface area contributed by atoms with Crippen molar-refractivity contribution in [3.63, 3.8) is 0 Å². The number of nitrogens with zero attached hydrogens (tertiary/aromatic N) is 3. The molecule has 0 aromatic heterocycles. The van der Waals surface area contributed by atoms with Crippen molar-refractivity contribution in [1.29, 1.82) is 5.26 Å². The Hall–Kier alpha value is -2.62. The van der Waals surface area contributed by atoms with E-state index in [4.69, 9.17) is 11.6 Å². The molecule has 0 fully saturated rings. The lowest BCUT2D eigenvalue weighted by molar-refractivity contribution is -0.384. The van der Waals surface area contributed by atoms with Gasteiger partial charge in [-0.3, -0.25) is 10.1 Å². The van der Waals surface area contributed by atoms with Crippen LogP contribution in [0, 0.1) is 21.4 Å². The number of non-ortho nitro benzene ring substituents is 1. The fourth-order valence-electron chi connectivity index (χ4n) is 2.26. The minimum Gasteiger partial charge on any atom is -0.395 e. The highest BCUT2D eigenvalue weighted by Crippen LogP contribution is 2.26. The monoisotopic (exact) mass is 331 g/mol. The minimum absolute atomic E-state index is 0.109. The van der Waals surface area contributed by atoms with E-state index in [1.807, 2.05) is 18.2 Å². The maximum absolute atomic E-state index is 10.8. The number of hydrogen-bond acceptors (Lipinski definition) is 5. The summed E-state index contributed by atoms with van der Waals surface area (Å²) in [5.41, 5.74) is 1.49. The van der Waals surface area contributed by atoms with Crippen LogP contribution in [0.1, 0.15) is 11.1 Å². The first-order valence-corrected chi connectivity index (χ1v) is 7.21. The average molecular weight is 332 g/mol. The van der Waals surface area contributed by atoms with Crippen molar-refractivity contribution in [2.75, 3.05) is 18.1 Å². The lowest BCUT2D eigenvalue weighted by Gasteiger charge is -2.25. The Balaban J connectivity index is 2.37. The van der Waals surface area contributed by atoms with Gasteiger partial charge in [0.1, 0.15) is 6.07 Å². The third-order valence-corrected chi connectivity index (χ3v) is 3.52. The lowest BCUT2D eigenvalue weighted by atomic mass is 10.1. The molecule has 0 saturated carbocycles. The predicted molar refractivity (Wildman–Crippen MR) is 87.4 cm³/mol. The van der Waals surface area contributed by atoms with Gasteiger partial charge in [-0.2, -0.15) is 5.26 Å². The molecule has 118 valence electrons. The summed E-state index contributed by atoms with van der Waals surface area (Å²) >= 11 is 5.97. The van der Waals surface area contributed by atoms with Crippen molar-refractivity contribution < 1.29 is 10.0 Å². The molecule has 0 saturated heterocycles. The smallest absolute Gasteiger partial charge is 0.270 e. The van der Waals surface area contributed by atoms with Crippen LogP contribution < -0.4 is 4.90 Å². The summed E-state index contributed by atoms with van der Waals surface area (Å²) in [4.78, 5) is 12.1. The van der Waals surface area contributed by atoms with E-state index in [-0.39, 0.29) is 17.9 Å². The summed E-state index contributed by atoms with van der Waals surface area (Å²) in [6, 6.07) is 13.3. The van der Waals surface area contributed by atoms with Gasteiger partial charge < -0.3 is 10.0 Å². The van der Waals surface area contributed by atoms with E-state index in [0.717, 1.165) is 5.56 Å². The van der Waals surface area contributed by atoms with Gasteiger partial charge in [-0.15, -0.1) is 0 Å². The number of nitro benzene ring substituents is 1. The highest BCUT2D eigenvalue weighted by molar-refractivity contribution is 6.30. The number of rotatable bonds is 6. The summed E-state index contributed by atoms with van der Waals surface area (Å²) < 4.78 is 0. The molecular formula is C16H14ClN3O3. The number of halogens is 1. The number of aliphatic hydroxyl groups excluding tert-OH is 1. The third kappa shape index (κ3) is 4.19. The molecule has 1 N–H and O–H groups in total. The van der Waals surface area contributed by atoms with Crippen LogP contribution in [0.4, 0.5) is 11.4 Å². The SMILES string of the molecule is N#Cc1cc([N+](=O)[O-])ccc1N(CCO)Cc1cccc(Cl)c1. The Morgan fingerprint density at radius 2 is 2.09 bits per heavy atom. The minimum atomic E-state index is -0.544. The first-order chi connectivity index (χ1) is 11.0. The second kappa shape index (κ2) is 7.58. The maximum atomic E-state index is 10.8. The zero-order valence-corrected chi connectivity index (χ0v) is 12.9. The normalized spacial score (nSPS) is 10.1. The molecule has 0 spiro atoms. The van der Waals surface area contributed by atoms with E-state index in [1.54, 1.807) is 17.0 Å². The van der Waals surface area contributed by atoms with E-state index in [1.165, 1.54) is 18.2 Å². The Morgan fingerprint density at radius 1 is 1.30 bits per heavy atom. The van der Waals surface area contributed by atoms with Crippen LogP contribution in [0.25, 0.3) is 0 Å². The van der Waals surface area contributed by atoms with Gasteiger partial charge in [0.15, 0.2) is 0 Å². The van der Waals surface area contributed by atoms with E-state index in [2.05, 4.69) is 0 Å². The standard InChI is InChI=1S/C16H14ClN3O3/c17-14-3-1-2-12(8-14)11-19(6-7-21)16-5-4-15(20(22)23)9-13(16)10-18/h1-5,8-9,21H,6-7,11H2. The molecule has 2 aromatic rings. The van der Waals surface area contributed by atoms with Gasteiger partial charge in [-0.1, -0.05) is 23.7 Å². The second-order valence-corrected chi connectivity index (χ2v) is 5.28. The van der Waals surface area contributed by atoms with Crippen LogP contribution in [0.5, 0.6) is 0 Å². The van der Waals surface area contributed by atoms with E-state index >= 15 is 0 Å². The predicted octanol–water partition coefficient (Wildman–Crippen LogP) is 3.12. The second-order valence-electron chi connectivity index (χ2n) is 4.85. The molecule has 0 heterocycles. The number of benzene rings is 2. The topological polar surface area (TPSA) is 90.4 Å². The van der Waals surface area contributed by atoms with Gasteiger partial charge in [0, 0.05) is 30.2 Å². The molecule has 0 aliphatic rings. The highest BCUT2D eigenvalue weighted by atomic mass is 35.5.